The van der Waals surface area contributed by atoms with Crippen molar-refractivity contribution >= 4 is 60.9 Å². The summed E-state index contributed by atoms with van der Waals surface area (Å²) in [6, 6.07) is 87.1. The molecule has 1 spiro atoms. The number of rotatable bonds is 5. The van der Waals surface area contributed by atoms with Crippen LogP contribution in [-0.2, 0) is 10.8 Å². The maximum absolute atomic E-state index is 7.20. The van der Waals surface area contributed by atoms with Gasteiger partial charge in [-0.2, -0.15) is 0 Å². The van der Waals surface area contributed by atoms with Crippen molar-refractivity contribution in [3.8, 4) is 55.6 Å². The van der Waals surface area contributed by atoms with E-state index in [1.807, 2.05) is 0 Å². The van der Waals surface area contributed by atoms with Crippen LogP contribution in [0.5, 0.6) is 0 Å². The highest BCUT2D eigenvalue weighted by molar-refractivity contribution is 6.24. The van der Waals surface area contributed by atoms with E-state index in [-0.39, 0.29) is 5.41 Å². The summed E-state index contributed by atoms with van der Waals surface area (Å²) >= 11 is 0. The van der Waals surface area contributed by atoms with E-state index in [0.717, 1.165) is 83.2 Å². The lowest BCUT2D eigenvalue weighted by atomic mass is 9.70. The fourth-order valence-corrected chi connectivity index (χ4v) is 13.6. The van der Waals surface area contributed by atoms with Crippen molar-refractivity contribution in [2.75, 3.05) is 4.90 Å². The highest BCUT2D eigenvalue weighted by Crippen LogP contribution is 2.63. The molecule has 342 valence electrons. The van der Waals surface area contributed by atoms with Gasteiger partial charge >= 0.3 is 0 Å². The van der Waals surface area contributed by atoms with Crippen LogP contribution in [0.25, 0.3) is 99.5 Å². The molecule has 0 bridgehead atoms. The third-order valence-corrected chi connectivity index (χ3v) is 16.7. The van der Waals surface area contributed by atoms with Crippen LogP contribution in [0.2, 0.25) is 0 Å². The van der Waals surface area contributed by atoms with Crippen molar-refractivity contribution in [1.29, 1.82) is 0 Å². The second-order valence-corrected chi connectivity index (χ2v) is 20.6. The third-order valence-electron chi connectivity index (χ3n) is 16.7. The van der Waals surface area contributed by atoms with Crippen molar-refractivity contribution in [2.45, 2.75) is 24.7 Å². The summed E-state index contributed by atoms with van der Waals surface area (Å²) in [4.78, 5) is 2.46. The predicted octanol–water partition coefficient (Wildman–Crippen LogP) is 18.9. The van der Waals surface area contributed by atoms with E-state index >= 15 is 0 Å². The number of anilines is 3. The minimum Gasteiger partial charge on any atom is -0.456 e. The van der Waals surface area contributed by atoms with Crippen LogP contribution in [0.1, 0.15) is 47.2 Å². The average Bonchev–Trinajstić information content (AvgIpc) is 4.22. The Bertz CT molecular complexity index is 4430. The summed E-state index contributed by atoms with van der Waals surface area (Å²) in [6.07, 6.45) is 0. The predicted molar refractivity (Wildman–Crippen MR) is 300 cm³/mol. The van der Waals surface area contributed by atoms with Gasteiger partial charge in [-0.05, 0) is 132 Å². The molecular formula is C70H45NO2. The number of hydrogen-bond donors (Lipinski definition) is 0. The molecule has 3 aliphatic carbocycles. The number of fused-ring (bicyclic) bond motifs is 19. The third kappa shape index (κ3) is 5.38. The van der Waals surface area contributed by atoms with E-state index < -0.39 is 5.41 Å². The number of benzene rings is 11. The van der Waals surface area contributed by atoms with Crippen molar-refractivity contribution < 1.29 is 8.83 Å². The minimum absolute atomic E-state index is 0.166. The molecule has 3 nitrogen and oxygen atoms in total. The van der Waals surface area contributed by atoms with Crippen LogP contribution in [-0.4, -0.2) is 0 Å². The molecule has 0 saturated heterocycles. The van der Waals surface area contributed by atoms with Crippen molar-refractivity contribution in [2.24, 2.45) is 0 Å². The average molecular weight is 932 g/mol. The molecule has 0 unspecified atom stereocenters. The van der Waals surface area contributed by atoms with Crippen LogP contribution in [0.15, 0.2) is 245 Å². The second kappa shape index (κ2) is 14.7. The number of nitrogens with zero attached hydrogens (tertiary/aromatic N) is 1. The molecular weight excluding hydrogens is 887 g/mol. The number of furan rings is 2. The van der Waals surface area contributed by atoms with Crippen LogP contribution in [0.4, 0.5) is 17.1 Å². The first-order chi connectivity index (χ1) is 36.0. The monoisotopic (exact) mass is 931 g/mol. The van der Waals surface area contributed by atoms with Crippen LogP contribution in [0.3, 0.4) is 0 Å². The Labute approximate surface area is 422 Å². The molecule has 13 aromatic rings. The molecule has 16 rings (SSSR count). The van der Waals surface area contributed by atoms with Crippen LogP contribution in [0, 0.1) is 0 Å². The standard InChI is InChI=1S/C70H45NO2/c1-69(2)56-26-12-6-21-47(56)51-35-32-43(38-60(51)69)66-67-53-25-11-17-31-63(53)72-65(67)41-55-54-39-44(34-37-64(54)73-68(55)66)71(62-30-16-10-20-46(62)42-18-4-3-5-19-42)45-33-36-52-50-24-9-15-29-59(50)70(61(52)40-45)57-27-13-7-22-48(57)49-23-8-14-28-58(49)70/h3-41H,1-2H3. The van der Waals surface area contributed by atoms with Gasteiger partial charge in [0.1, 0.15) is 22.3 Å². The first kappa shape index (κ1) is 40.5. The first-order valence-corrected chi connectivity index (χ1v) is 25.4. The fraction of sp³-hybridized carbons (Fsp3) is 0.0571. The van der Waals surface area contributed by atoms with E-state index in [0.29, 0.717) is 0 Å². The largest absolute Gasteiger partial charge is 0.456 e. The van der Waals surface area contributed by atoms with E-state index in [1.54, 1.807) is 0 Å². The maximum atomic E-state index is 7.20. The highest BCUT2D eigenvalue weighted by Gasteiger charge is 2.51. The lowest BCUT2D eigenvalue weighted by molar-refractivity contribution is 0.660. The molecule has 0 aliphatic heterocycles. The van der Waals surface area contributed by atoms with Gasteiger partial charge in [0.2, 0.25) is 0 Å². The molecule has 0 amide bonds. The van der Waals surface area contributed by atoms with Gasteiger partial charge in [0, 0.05) is 49.5 Å². The van der Waals surface area contributed by atoms with E-state index in [9.17, 15) is 0 Å². The zero-order chi connectivity index (χ0) is 48.2. The Morgan fingerprint density at radius 1 is 0.329 bits per heavy atom. The second-order valence-electron chi connectivity index (χ2n) is 20.6. The lowest BCUT2D eigenvalue weighted by Crippen LogP contribution is -2.26. The van der Waals surface area contributed by atoms with Crippen molar-refractivity contribution in [1.82, 2.24) is 0 Å². The van der Waals surface area contributed by atoms with E-state index in [1.165, 1.54) is 66.8 Å². The quantitative estimate of drug-likeness (QED) is 0.172. The molecule has 73 heavy (non-hydrogen) atoms. The van der Waals surface area contributed by atoms with Gasteiger partial charge in [0.25, 0.3) is 0 Å². The summed E-state index contributed by atoms with van der Waals surface area (Å²) < 4.78 is 14.0. The molecule has 2 aromatic heterocycles. The number of hydrogen-bond acceptors (Lipinski definition) is 3. The SMILES string of the molecule is CC1(C)c2ccccc2-c2ccc(-c3c4oc5ccc(N(c6ccc7c(c6)C6(c8ccccc8-c8ccccc86)c6ccccc6-7)c6ccccc6-c6ccccc6)cc5c4cc4oc5ccccc5c34)cc21. The molecule has 11 aromatic carbocycles. The minimum atomic E-state index is -0.492. The zero-order valence-corrected chi connectivity index (χ0v) is 40.3. The number of para-hydroxylation sites is 2. The molecule has 3 heteroatoms. The summed E-state index contributed by atoms with van der Waals surface area (Å²) in [5.74, 6) is 0. The van der Waals surface area contributed by atoms with Crippen LogP contribution < -0.4 is 4.90 Å². The Morgan fingerprint density at radius 3 is 1.59 bits per heavy atom. The molecule has 0 atom stereocenters. The topological polar surface area (TPSA) is 29.5 Å². The maximum Gasteiger partial charge on any atom is 0.144 e. The van der Waals surface area contributed by atoms with Gasteiger partial charge < -0.3 is 13.7 Å². The first-order valence-electron chi connectivity index (χ1n) is 25.4. The van der Waals surface area contributed by atoms with Gasteiger partial charge in [-0.25, -0.2) is 0 Å². The molecule has 3 aliphatic rings. The Hall–Kier alpha value is -9.18. The Morgan fingerprint density at radius 2 is 0.863 bits per heavy atom. The van der Waals surface area contributed by atoms with E-state index in [4.69, 9.17) is 8.83 Å². The summed E-state index contributed by atoms with van der Waals surface area (Å²) in [5, 5.41) is 4.18. The summed E-state index contributed by atoms with van der Waals surface area (Å²) in [7, 11) is 0. The summed E-state index contributed by atoms with van der Waals surface area (Å²) in [5.41, 5.74) is 26.0. The Balaban J connectivity index is 0.955. The normalized spacial score (nSPS) is 14.1. The summed E-state index contributed by atoms with van der Waals surface area (Å²) in [6.45, 7) is 4.70. The Kier molecular flexibility index (Phi) is 8.16. The molecule has 0 saturated carbocycles. The molecule has 0 N–H and O–H groups in total. The van der Waals surface area contributed by atoms with Gasteiger partial charge in [-0.3, -0.25) is 0 Å². The molecule has 0 radical (unpaired) electrons. The van der Waals surface area contributed by atoms with Gasteiger partial charge in [0.05, 0.1) is 11.1 Å². The van der Waals surface area contributed by atoms with Crippen LogP contribution >= 0.6 is 0 Å². The van der Waals surface area contributed by atoms with Gasteiger partial charge in [-0.15, -0.1) is 0 Å². The highest BCUT2D eigenvalue weighted by atomic mass is 16.3. The zero-order valence-electron chi connectivity index (χ0n) is 40.3. The fourth-order valence-electron chi connectivity index (χ4n) is 13.6. The smallest absolute Gasteiger partial charge is 0.144 e. The lowest BCUT2D eigenvalue weighted by Gasteiger charge is -2.32. The van der Waals surface area contributed by atoms with Gasteiger partial charge in [0.15, 0.2) is 0 Å². The molecule has 2 heterocycles. The molecule has 0 fully saturated rings. The van der Waals surface area contributed by atoms with Crippen molar-refractivity contribution in [3.63, 3.8) is 0 Å². The van der Waals surface area contributed by atoms with E-state index in [2.05, 4.69) is 255 Å². The van der Waals surface area contributed by atoms with Crippen molar-refractivity contribution in [3.05, 3.63) is 270 Å². The van der Waals surface area contributed by atoms with Gasteiger partial charge in [-0.1, -0.05) is 196 Å².